The van der Waals surface area contributed by atoms with Crippen molar-refractivity contribution in [3.63, 3.8) is 0 Å². The number of hydrogen-bond donors (Lipinski definition) is 0. The number of rotatable bonds is 7. The molecule has 0 aromatic carbocycles. The fourth-order valence-corrected chi connectivity index (χ4v) is 3.93. The summed E-state index contributed by atoms with van der Waals surface area (Å²) in [5.74, 6) is 0. The first kappa shape index (κ1) is 13.5. The summed E-state index contributed by atoms with van der Waals surface area (Å²) in [7, 11) is 1.78. The molecule has 0 heterocycles. The molecule has 0 aliphatic heterocycles. The van der Waals surface area contributed by atoms with Crippen LogP contribution in [0.1, 0.15) is 77.6 Å². The second kappa shape index (κ2) is 9.64. The molecular formula is C14H28P. The van der Waals surface area contributed by atoms with Crippen molar-refractivity contribution in [1.82, 2.24) is 0 Å². The Morgan fingerprint density at radius 1 is 0.867 bits per heavy atom. The fourth-order valence-electron chi connectivity index (χ4n) is 2.43. The molecule has 89 valence electrons. The predicted molar refractivity (Wildman–Crippen MR) is 72.0 cm³/mol. The summed E-state index contributed by atoms with van der Waals surface area (Å²) in [6.07, 6.45) is 17.8. The largest absolute Gasteiger partial charge is 0.0775 e. The van der Waals surface area contributed by atoms with Crippen LogP contribution in [0, 0.1) is 0 Å². The molecule has 1 heteroatoms. The molecule has 1 fully saturated rings. The van der Waals surface area contributed by atoms with Crippen molar-refractivity contribution < 1.29 is 0 Å². The maximum atomic E-state index is 2.30. The molecule has 0 N–H and O–H groups in total. The minimum absolute atomic E-state index is 1.07. The van der Waals surface area contributed by atoms with Crippen molar-refractivity contribution in [2.24, 2.45) is 0 Å². The van der Waals surface area contributed by atoms with E-state index in [-0.39, 0.29) is 0 Å². The molecule has 1 rings (SSSR count). The van der Waals surface area contributed by atoms with Gasteiger partial charge in [-0.3, -0.25) is 0 Å². The maximum Gasteiger partial charge on any atom is -0.0170 e. The van der Waals surface area contributed by atoms with E-state index in [0.29, 0.717) is 0 Å². The first-order valence-corrected chi connectivity index (χ1v) is 8.25. The zero-order chi connectivity index (χ0) is 10.8. The van der Waals surface area contributed by atoms with Crippen LogP contribution < -0.4 is 0 Å². The van der Waals surface area contributed by atoms with Gasteiger partial charge in [-0.05, 0) is 31.1 Å². The van der Waals surface area contributed by atoms with Gasteiger partial charge in [-0.1, -0.05) is 66.9 Å². The third kappa shape index (κ3) is 7.34. The Morgan fingerprint density at radius 2 is 1.53 bits per heavy atom. The van der Waals surface area contributed by atoms with Crippen LogP contribution in [-0.4, -0.2) is 11.8 Å². The van der Waals surface area contributed by atoms with E-state index in [9.17, 15) is 0 Å². The minimum atomic E-state index is 1.07. The minimum Gasteiger partial charge on any atom is -0.0775 e. The summed E-state index contributed by atoms with van der Waals surface area (Å²) >= 11 is 0. The Labute approximate surface area is 98.4 Å². The molecule has 15 heavy (non-hydrogen) atoms. The van der Waals surface area contributed by atoms with E-state index >= 15 is 0 Å². The van der Waals surface area contributed by atoms with Gasteiger partial charge in [-0.25, -0.2) is 0 Å². The zero-order valence-corrected chi connectivity index (χ0v) is 11.4. The third-order valence-electron chi connectivity index (χ3n) is 3.47. The van der Waals surface area contributed by atoms with E-state index in [1.54, 1.807) is 8.58 Å². The summed E-state index contributed by atoms with van der Waals surface area (Å²) in [4.78, 5) is 0. The van der Waals surface area contributed by atoms with Gasteiger partial charge in [0.2, 0.25) is 0 Å². The molecule has 0 unspecified atom stereocenters. The lowest BCUT2D eigenvalue weighted by atomic mass is 10.2. The quantitative estimate of drug-likeness (QED) is 0.300. The van der Waals surface area contributed by atoms with Crippen LogP contribution in [0.2, 0.25) is 0 Å². The van der Waals surface area contributed by atoms with E-state index in [0.717, 1.165) is 5.66 Å². The smallest absolute Gasteiger partial charge is 0.0170 e. The predicted octanol–water partition coefficient (Wildman–Crippen LogP) is 5.63. The standard InChI is InChI=1S/C14H28P/c1-2-3-4-7-10-13-15-14-11-8-5-6-9-12-14/h14H,2-13H2,1H3. The molecule has 1 saturated carbocycles. The van der Waals surface area contributed by atoms with Crippen LogP contribution in [-0.2, 0) is 0 Å². The van der Waals surface area contributed by atoms with Crippen molar-refractivity contribution >= 4 is 8.58 Å². The van der Waals surface area contributed by atoms with E-state index in [1.807, 2.05) is 0 Å². The molecule has 0 saturated heterocycles. The van der Waals surface area contributed by atoms with Crippen molar-refractivity contribution in [3.8, 4) is 0 Å². The van der Waals surface area contributed by atoms with Gasteiger partial charge in [0, 0.05) is 0 Å². The molecule has 0 aromatic rings. The van der Waals surface area contributed by atoms with Gasteiger partial charge in [-0.2, -0.15) is 0 Å². The summed E-state index contributed by atoms with van der Waals surface area (Å²) in [5, 5.41) is 0. The van der Waals surface area contributed by atoms with Crippen molar-refractivity contribution in [2.75, 3.05) is 6.16 Å². The van der Waals surface area contributed by atoms with Crippen molar-refractivity contribution in [2.45, 2.75) is 83.2 Å². The average Bonchev–Trinajstić information content (AvgIpc) is 2.52. The van der Waals surface area contributed by atoms with Crippen LogP contribution in [0.5, 0.6) is 0 Å². The number of unbranched alkanes of at least 4 members (excludes halogenated alkanes) is 4. The molecule has 0 atom stereocenters. The van der Waals surface area contributed by atoms with Crippen LogP contribution >= 0.6 is 8.58 Å². The van der Waals surface area contributed by atoms with E-state index < -0.39 is 0 Å². The van der Waals surface area contributed by atoms with Gasteiger partial charge < -0.3 is 0 Å². The van der Waals surface area contributed by atoms with Crippen LogP contribution in [0.3, 0.4) is 0 Å². The van der Waals surface area contributed by atoms with Crippen LogP contribution in [0.25, 0.3) is 0 Å². The summed E-state index contributed by atoms with van der Waals surface area (Å²) in [6, 6.07) is 0. The Hall–Kier alpha value is 0.430. The van der Waals surface area contributed by atoms with Crippen LogP contribution in [0.4, 0.5) is 0 Å². The monoisotopic (exact) mass is 227 g/mol. The highest BCUT2D eigenvalue weighted by atomic mass is 31.1. The van der Waals surface area contributed by atoms with E-state index in [4.69, 9.17) is 0 Å². The highest BCUT2D eigenvalue weighted by Gasteiger charge is 2.11. The molecule has 0 spiro atoms. The Morgan fingerprint density at radius 3 is 2.20 bits per heavy atom. The van der Waals surface area contributed by atoms with Gasteiger partial charge in [0.15, 0.2) is 0 Å². The Balaban J connectivity index is 1.89. The highest BCUT2D eigenvalue weighted by Crippen LogP contribution is 2.32. The second-order valence-electron chi connectivity index (χ2n) is 4.97. The fraction of sp³-hybridized carbons (Fsp3) is 1.00. The van der Waals surface area contributed by atoms with Gasteiger partial charge in [0.05, 0.1) is 0 Å². The van der Waals surface area contributed by atoms with Crippen molar-refractivity contribution in [3.05, 3.63) is 0 Å². The summed E-state index contributed by atoms with van der Waals surface area (Å²) < 4.78 is 0. The molecule has 1 radical (unpaired) electrons. The summed E-state index contributed by atoms with van der Waals surface area (Å²) in [5.41, 5.74) is 1.07. The summed E-state index contributed by atoms with van der Waals surface area (Å²) in [6.45, 7) is 2.30. The van der Waals surface area contributed by atoms with Gasteiger partial charge in [0.25, 0.3) is 0 Å². The molecule has 1 aliphatic carbocycles. The van der Waals surface area contributed by atoms with E-state index in [2.05, 4.69) is 6.92 Å². The van der Waals surface area contributed by atoms with Gasteiger partial charge in [-0.15, -0.1) is 0 Å². The van der Waals surface area contributed by atoms with Gasteiger partial charge in [0.1, 0.15) is 0 Å². The lowest BCUT2D eigenvalue weighted by Gasteiger charge is -2.12. The lowest BCUT2D eigenvalue weighted by molar-refractivity contribution is 0.655. The zero-order valence-electron chi connectivity index (χ0n) is 10.5. The normalized spacial score (nSPS) is 19.8. The Bertz CT molecular complexity index is 125. The van der Waals surface area contributed by atoms with E-state index in [1.165, 1.54) is 76.8 Å². The first-order chi connectivity index (χ1) is 7.43. The third-order valence-corrected chi connectivity index (χ3v) is 5.08. The molecule has 1 aliphatic rings. The first-order valence-electron chi connectivity index (χ1n) is 7.10. The molecule has 0 amide bonds. The Kier molecular flexibility index (Phi) is 8.67. The SMILES string of the molecule is CCCCCCC[P]C1CCCCCC1. The highest BCUT2D eigenvalue weighted by molar-refractivity contribution is 7.38. The molecule has 0 aromatic heterocycles. The lowest BCUT2D eigenvalue weighted by Crippen LogP contribution is -1.99. The van der Waals surface area contributed by atoms with Crippen LogP contribution in [0.15, 0.2) is 0 Å². The average molecular weight is 227 g/mol. The molecule has 0 bridgehead atoms. The van der Waals surface area contributed by atoms with Crippen molar-refractivity contribution in [1.29, 1.82) is 0 Å². The second-order valence-corrected chi connectivity index (χ2v) is 6.51. The number of hydrogen-bond acceptors (Lipinski definition) is 0. The maximum absolute atomic E-state index is 2.30. The van der Waals surface area contributed by atoms with Gasteiger partial charge >= 0.3 is 0 Å². The molecule has 0 nitrogen and oxygen atoms in total. The topological polar surface area (TPSA) is 0 Å². The molecular weight excluding hydrogens is 199 g/mol.